The van der Waals surface area contributed by atoms with Crippen LogP contribution < -0.4 is 20.1 Å². The molecule has 0 spiro atoms. The van der Waals surface area contributed by atoms with Crippen molar-refractivity contribution in [1.82, 2.24) is 15.3 Å². The maximum atomic E-state index is 13.5. The fraction of sp³-hybridized carbons (Fsp3) is 0.167. The van der Waals surface area contributed by atoms with Crippen LogP contribution in [0.5, 0.6) is 11.5 Å². The van der Waals surface area contributed by atoms with Crippen LogP contribution in [-0.2, 0) is 17.9 Å². The lowest BCUT2D eigenvalue weighted by Gasteiger charge is -2.13. The maximum Gasteiger partial charge on any atom is 0.141 e. The van der Waals surface area contributed by atoms with E-state index in [9.17, 15) is 9.18 Å². The van der Waals surface area contributed by atoms with Gasteiger partial charge in [-0.3, -0.25) is 0 Å². The largest absolute Gasteiger partial charge is 0.496 e. The molecule has 40 heavy (non-hydrogen) atoms. The molecule has 10 heteroatoms. The molecule has 0 saturated heterocycles. The summed E-state index contributed by atoms with van der Waals surface area (Å²) in [5, 5.41) is 7.62. The number of halogens is 2. The van der Waals surface area contributed by atoms with Crippen LogP contribution in [0.3, 0.4) is 0 Å². The van der Waals surface area contributed by atoms with Crippen LogP contribution in [0.2, 0.25) is 5.02 Å². The lowest BCUT2D eigenvalue weighted by Crippen LogP contribution is -2.14. The number of fused-ring (bicyclic) bond motifs is 1. The van der Waals surface area contributed by atoms with Crippen LogP contribution in [0.15, 0.2) is 77.5 Å². The molecule has 0 fully saturated rings. The molecule has 2 heterocycles. The second-order valence-electron chi connectivity index (χ2n) is 8.88. The van der Waals surface area contributed by atoms with Crippen molar-refractivity contribution in [3.05, 3.63) is 95.2 Å². The number of aromatic nitrogens is 2. The number of nitrogens with zero attached hydrogens (tertiary/aromatic N) is 2. The minimum atomic E-state index is -0.319. The number of anilines is 2. The molecule has 5 rings (SSSR count). The van der Waals surface area contributed by atoms with E-state index >= 15 is 0 Å². The summed E-state index contributed by atoms with van der Waals surface area (Å²) in [6, 6.07) is 19.0. The normalized spacial score (nSPS) is 11.0. The van der Waals surface area contributed by atoms with E-state index in [2.05, 4.69) is 20.6 Å². The number of ether oxygens (including phenoxy) is 2. The van der Waals surface area contributed by atoms with Crippen LogP contribution in [0.1, 0.15) is 17.7 Å². The lowest BCUT2D eigenvalue weighted by molar-refractivity contribution is -0.107. The van der Waals surface area contributed by atoms with Crippen molar-refractivity contribution >= 4 is 40.3 Å². The Balaban J connectivity index is 1.37. The van der Waals surface area contributed by atoms with Crippen molar-refractivity contribution in [2.45, 2.75) is 19.6 Å². The summed E-state index contributed by atoms with van der Waals surface area (Å²) < 4.78 is 30.9. The molecule has 8 nitrogen and oxygen atoms in total. The highest BCUT2D eigenvalue weighted by Crippen LogP contribution is 2.37. The molecular weight excluding hydrogens is 535 g/mol. The van der Waals surface area contributed by atoms with E-state index in [1.54, 1.807) is 31.4 Å². The van der Waals surface area contributed by atoms with E-state index in [0.29, 0.717) is 64.4 Å². The van der Waals surface area contributed by atoms with Crippen LogP contribution in [0.4, 0.5) is 15.9 Å². The molecule has 0 bridgehead atoms. The van der Waals surface area contributed by atoms with Gasteiger partial charge < -0.3 is 29.3 Å². The zero-order valence-electron chi connectivity index (χ0n) is 21.6. The van der Waals surface area contributed by atoms with Crippen LogP contribution >= 0.6 is 11.6 Å². The quantitative estimate of drug-likeness (QED) is 0.129. The van der Waals surface area contributed by atoms with Gasteiger partial charge in [-0.2, -0.15) is 0 Å². The summed E-state index contributed by atoms with van der Waals surface area (Å²) >= 11 is 6.49. The molecule has 0 aliphatic rings. The second kappa shape index (κ2) is 12.6. The topological polar surface area (TPSA) is 98.5 Å². The smallest absolute Gasteiger partial charge is 0.141 e. The van der Waals surface area contributed by atoms with E-state index in [4.69, 9.17) is 25.5 Å². The number of carbonyl (C=O) groups excluding carboxylic acids is 1. The highest BCUT2D eigenvalue weighted by atomic mass is 35.5. The van der Waals surface area contributed by atoms with Gasteiger partial charge in [0.05, 0.1) is 29.8 Å². The van der Waals surface area contributed by atoms with Gasteiger partial charge in [-0.25, -0.2) is 14.4 Å². The molecular formula is C30H26ClFN4O4. The number of carbonyl (C=O) groups is 1. The van der Waals surface area contributed by atoms with E-state index in [-0.39, 0.29) is 12.4 Å². The molecule has 204 valence electrons. The fourth-order valence-electron chi connectivity index (χ4n) is 4.16. The minimum absolute atomic E-state index is 0.189. The number of methoxy groups -OCH3 is 1. The van der Waals surface area contributed by atoms with Crippen molar-refractivity contribution < 1.29 is 23.1 Å². The standard InChI is InChI=1S/C30H26ClFN4O4/c1-38-29-15-26-23(14-24(29)27-9-7-22(40-27)16-33-10-3-11-37)30(35-18-34-26)36-21-6-8-28(25(31)13-21)39-17-19-4-2-5-20(32)12-19/h2,4-9,11-15,18,33H,3,10,16-17H2,1H3,(H,34,35,36). The summed E-state index contributed by atoms with van der Waals surface area (Å²) in [7, 11) is 1.59. The number of hydrogen-bond donors (Lipinski definition) is 2. The monoisotopic (exact) mass is 560 g/mol. The zero-order valence-corrected chi connectivity index (χ0v) is 22.4. The van der Waals surface area contributed by atoms with E-state index in [1.165, 1.54) is 18.5 Å². The fourth-order valence-corrected chi connectivity index (χ4v) is 4.39. The third-order valence-corrected chi connectivity index (χ3v) is 6.40. The molecule has 5 aromatic rings. The van der Waals surface area contributed by atoms with Crippen LogP contribution in [0, 0.1) is 5.82 Å². The van der Waals surface area contributed by atoms with Gasteiger partial charge in [-0.05, 0) is 54.1 Å². The average molecular weight is 561 g/mol. The Morgan fingerprint density at radius 3 is 2.75 bits per heavy atom. The van der Waals surface area contributed by atoms with Crippen molar-refractivity contribution in [2.75, 3.05) is 19.0 Å². The van der Waals surface area contributed by atoms with Gasteiger partial charge in [-0.1, -0.05) is 23.7 Å². The molecule has 0 aliphatic carbocycles. The minimum Gasteiger partial charge on any atom is -0.496 e. The molecule has 0 atom stereocenters. The molecule has 0 unspecified atom stereocenters. The number of benzene rings is 3. The number of furan rings is 1. The van der Waals surface area contributed by atoms with E-state index < -0.39 is 0 Å². The zero-order chi connectivity index (χ0) is 27.9. The lowest BCUT2D eigenvalue weighted by atomic mass is 10.1. The Labute approximate surface area is 235 Å². The van der Waals surface area contributed by atoms with Crippen molar-refractivity contribution in [3.63, 3.8) is 0 Å². The Bertz CT molecular complexity index is 1640. The second-order valence-corrected chi connectivity index (χ2v) is 9.29. The Hall–Kier alpha value is -4.47. The predicted molar refractivity (Wildman–Crippen MR) is 152 cm³/mol. The first-order chi connectivity index (χ1) is 19.5. The van der Waals surface area contributed by atoms with E-state index in [0.717, 1.165) is 23.0 Å². The highest BCUT2D eigenvalue weighted by Gasteiger charge is 2.16. The third-order valence-electron chi connectivity index (χ3n) is 6.10. The number of nitrogens with one attached hydrogen (secondary N) is 2. The van der Waals surface area contributed by atoms with Crippen molar-refractivity contribution in [3.8, 4) is 22.8 Å². The van der Waals surface area contributed by atoms with Crippen molar-refractivity contribution in [2.24, 2.45) is 0 Å². The molecule has 2 N–H and O–H groups in total. The van der Waals surface area contributed by atoms with Gasteiger partial charge in [0.2, 0.25) is 0 Å². The summed E-state index contributed by atoms with van der Waals surface area (Å²) in [5.74, 6) is 2.70. The van der Waals surface area contributed by atoms with Gasteiger partial charge in [0.25, 0.3) is 0 Å². The third kappa shape index (κ3) is 6.39. The summed E-state index contributed by atoms with van der Waals surface area (Å²) in [4.78, 5) is 19.4. The van der Waals surface area contributed by atoms with Crippen LogP contribution in [0.25, 0.3) is 22.2 Å². The first-order valence-electron chi connectivity index (χ1n) is 12.5. The SMILES string of the molecule is COc1cc2ncnc(Nc3ccc(OCc4cccc(F)c4)c(Cl)c3)c2cc1-c1ccc(CNCCC=O)o1. The molecule has 0 saturated carbocycles. The van der Waals surface area contributed by atoms with Gasteiger partial charge in [0, 0.05) is 30.1 Å². The number of rotatable bonds is 12. The first-order valence-corrected chi connectivity index (χ1v) is 12.9. The summed E-state index contributed by atoms with van der Waals surface area (Å²) in [6.45, 7) is 1.27. The maximum absolute atomic E-state index is 13.5. The Morgan fingerprint density at radius 1 is 1.05 bits per heavy atom. The average Bonchev–Trinajstić information content (AvgIpc) is 3.43. The Kier molecular flexibility index (Phi) is 8.53. The van der Waals surface area contributed by atoms with Crippen LogP contribution in [-0.4, -0.2) is 29.9 Å². The predicted octanol–water partition coefficient (Wildman–Crippen LogP) is 6.69. The molecule has 0 amide bonds. The highest BCUT2D eigenvalue weighted by molar-refractivity contribution is 6.32. The summed E-state index contributed by atoms with van der Waals surface area (Å²) in [6.07, 6.45) is 2.79. The molecule has 0 radical (unpaired) electrons. The van der Waals surface area contributed by atoms with Gasteiger partial charge in [0.15, 0.2) is 0 Å². The first kappa shape index (κ1) is 27.1. The summed E-state index contributed by atoms with van der Waals surface area (Å²) in [5.41, 5.74) is 2.82. The number of hydrogen-bond acceptors (Lipinski definition) is 8. The van der Waals surface area contributed by atoms with Gasteiger partial charge in [0.1, 0.15) is 53.9 Å². The molecule has 3 aromatic carbocycles. The number of aldehydes is 1. The molecule has 0 aliphatic heterocycles. The molecule has 2 aromatic heterocycles. The Morgan fingerprint density at radius 2 is 1.95 bits per heavy atom. The van der Waals surface area contributed by atoms with E-state index in [1.807, 2.05) is 30.3 Å². The van der Waals surface area contributed by atoms with Crippen molar-refractivity contribution in [1.29, 1.82) is 0 Å². The van der Waals surface area contributed by atoms with Gasteiger partial charge in [-0.15, -0.1) is 0 Å². The van der Waals surface area contributed by atoms with Gasteiger partial charge >= 0.3 is 0 Å².